The molecule has 0 bridgehead atoms. The van der Waals surface area contributed by atoms with Gasteiger partial charge in [0, 0.05) is 30.3 Å². The first-order chi connectivity index (χ1) is 8.67. The fourth-order valence-corrected chi connectivity index (χ4v) is 2.42. The van der Waals surface area contributed by atoms with E-state index in [1.54, 1.807) is 18.9 Å². The third-order valence-corrected chi connectivity index (χ3v) is 3.42. The third-order valence-electron chi connectivity index (χ3n) is 2.34. The van der Waals surface area contributed by atoms with Gasteiger partial charge >= 0.3 is 0 Å². The first kappa shape index (κ1) is 15.0. The normalized spacial score (nSPS) is 10.6. The van der Waals surface area contributed by atoms with Crippen molar-refractivity contribution >= 4 is 11.8 Å². The molecule has 0 heterocycles. The van der Waals surface area contributed by atoms with E-state index in [4.69, 9.17) is 10.00 Å². The second kappa shape index (κ2) is 8.15. The largest absolute Gasteiger partial charge is 0.383 e. The van der Waals surface area contributed by atoms with Crippen molar-refractivity contribution < 1.29 is 4.74 Å². The predicted molar refractivity (Wildman–Crippen MR) is 75.7 cm³/mol. The van der Waals surface area contributed by atoms with Gasteiger partial charge in [0.2, 0.25) is 0 Å². The maximum Gasteiger partial charge on any atom is 0.100 e. The van der Waals surface area contributed by atoms with Crippen molar-refractivity contribution in [1.29, 1.82) is 5.26 Å². The summed E-state index contributed by atoms with van der Waals surface area (Å²) in [4.78, 5) is 1.06. The summed E-state index contributed by atoms with van der Waals surface area (Å²) in [5, 5.41) is 12.9. The average molecular weight is 264 g/mol. The molecule has 1 aromatic carbocycles. The van der Waals surface area contributed by atoms with Crippen LogP contribution in [0.3, 0.4) is 0 Å². The highest BCUT2D eigenvalue weighted by Gasteiger charge is 2.06. The fourth-order valence-electron chi connectivity index (χ4n) is 1.54. The van der Waals surface area contributed by atoms with E-state index in [9.17, 15) is 0 Å². The van der Waals surface area contributed by atoms with E-state index in [2.05, 4.69) is 31.3 Å². The average Bonchev–Trinajstić information content (AvgIpc) is 2.35. The predicted octanol–water partition coefficient (Wildman–Crippen LogP) is 2.79. The van der Waals surface area contributed by atoms with E-state index in [1.165, 1.54) is 0 Å². The van der Waals surface area contributed by atoms with Crippen LogP contribution in [0.2, 0.25) is 0 Å². The maximum absolute atomic E-state index is 9.16. The van der Waals surface area contributed by atoms with Gasteiger partial charge in [-0.2, -0.15) is 5.26 Å². The Morgan fingerprint density at radius 3 is 2.83 bits per heavy atom. The zero-order chi connectivity index (χ0) is 13.4. The Kier molecular flexibility index (Phi) is 6.81. The van der Waals surface area contributed by atoms with E-state index in [0.717, 1.165) is 29.1 Å². The molecule has 0 saturated carbocycles. The second-order valence-corrected chi connectivity index (χ2v) is 5.90. The molecule has 0 aliphatic rings. The van der Waals surface area contributed by atoms with E-state index < -0.39 is 0 Å². The smallest absolute Gasteiger partial charge is 0.100 e. The maximum atomic E-state index is 9.16. The van der Waals surface area contributed by atoms with Gasteiger partial charge in [-0.3, -0.25) is 0 Å². The number of hydrogen-bond donors (Lipinski definition) is 1. The molecule has 3 nitrogen and oxygen atoms in total. The minimum atomic E-state index is 0.489. The van der Waals surface area contributed by atoms with Crippen LogP contribution in [-0.4, -0.2) is 25.5 Å². The molecule has 0 unspecified atom stereocenters. The number of benzene rings is 1. The van der Waals surface area contributed by atoms with Crippen LogP contribution in [0.15, 0.2) is 23.1 Å². The third kappa shape index (κ3) is 5.09. The molecule has 0 amide bonds. The summed E-state index contributed by atoms with van der Waals surface area (Å²) < 4.78 is 4.97. The Bertz CT molecular complexity index is 413. The number of nitrogens with one attached hydrogen (secondary N) is 1. The van der Waals surface area contributed by atoms with Gasteiger partial charge < -0.3 is 10.1 Å². The van der Waals surface area contributed by atoms with E-state index in [1.807, 2.05) is 12.1 Å². The zero-order valence-electron chi connectivity index (χ0n) is 11.2. The summed E-state index contributed by atoms with van der Waals surface area (Å²) in [5.41, 5.74) is 1.90. The van der Waals surface area contributed by atoms with Crippen LogP contribution in [0.25, 0.3) is 0 Å². The Balaban J connectivity index is 2.64. The lowest BCUT2D eigenvalue weighted by molar-refractivity contribution is 0.199. The molecule has 1 N–H and O–H groups in total. The molecule has 0 aliphatic heterocycles. The van der Waals surface area contributed by atoms with Gasteiger partial charge in [0.25, 0.3) is 0 Å². The standard InChI is InChI=1S/C14H20N2OS/c1-11(2)18-14-5-4-12(8-13(14)9-15)10-16-6-7-17-3/h4-5,8,11,16H,6-7,10H2,1-3H3. The van der Waals surface area contributed by atoms with Crippen LogP contribution in [0, 0.1) is 11.3 Å². The molecule has 0 saturated heterocycles. The lowest BCUT2D eigenvalue weighted by Crippen LogP contribution is -2.18. The first-order valence-electron chi connectivity index (χ1n) is 6.06. The Morgan fingerprint density at radius 1 is 1.44 bits per heavy atom. The van der Waals surface area contributed by atoms with E-state index >= 15 is 0 Å². The van der Waals surface area contributed by atoms with Crippen molar-refractivity contribution in [2.24, 2.45) is 0 Å². The Labute approximate surface area is 114 Å². The molecular formula is C14H20N2OS. The highest BCUT2D eigenvalue weighted by atomic mass is 32.2. The molecule has 1 rings (SSSR count). The highest BCUT2D eigenvalue weighted by molar-refractivity contribution is 8.00. The molecule has 18 heavy (non-hydrogen) atoms. The zero-order valence-corrected chi connectivity index (χ0v) is 12.0. The molecule has 1 aromatic rings. The number of nitriles is 1. The summed E-state index contributed by atoms with van der Waals surface area (Å²) in [5.74, 6) is 0. The number of methoxy groups -OCH3 is 1. The van der Waals surface area contributed by atoms with Crippen LogP contribution >= 0.6 is 11.8 Å². The quantitative estimate of drug-likeness (QED) is 0.607. The van der Waals surface area contributed by atoms with E-state index in [0.29, 0.717) is 11.9 Å². The van der Waals surface area contributed by atoms with Crippen molar-refractivity contribution in [3.63, 3.8) is 0 Å². The summed E-state index contributed by atoms with van der Waals surface area (Å²) >= 11 is 1.73. The Hall–Kier alpha value is -1.02. The molecular weight excluding hydrogens is 244 g/mol. The Morgan fingerprint density at radius 2 is 2.22 bits per heavy atom. The molecule has 0 spiro atoms. The summed E-state index contributed by atoms with van der Waals surface area (Å²) in [6.07, 6.45) is 0. The molecule has 0 aliphatic carbocycles. The SMILES string of the molecule is COCCNCc1ccc(SC(C)C)c(C#N)c1. The number of thioether (sulfide) groups is 1. The number of rotatable bonds is 7. The van der Waals surface area contributed by atoms with Crippen molar-refractivity contribution in [3.05, 3.63) is 29.3 Å². The van der Waals surface area contributed by atoms with Crippen LogP contribution < -0.4 is 5.32 Å². The van der Waals surface area contributed by atoms with Crippen molar-refractivity contribution in [3.8, 4) is 6.07 Å². The second-order valence-electron chi connectivity index (χ2n) is 4.28. The van der Waals surface area contributed by atoms with Gasteiger partial charge in [-0.05, 0) is 17.7 Å². The first-order valence-corrected chi connectivity index (χ1v) is 6.94. The summed E-state index contributed by atoms with van der Waals surface area (Å²) in [6.45, 7) is 6.55. The van der Waals surface area contributed by atoms with Crippen LogP contribution in [0.4, 0.5) is 0 Å². The summed E-state index contributed by atoms with van der Waals surface area (Å²) in [7, 11) is 1.69. The monoisotopic (exact) mass is 264 g/mol. The van der Waals surface area contributed by atoms with Crippen molar-refractivity contribution in [2.75, 3.05) is 20.3 Å². The lowest BCUT2D eigenvalue weighted by atomic mass is 10.1. The van der Waals surface area contributed by atoms with Gasteiger partial charge in [-0.1, -0.05) is 19.9 Å². The molecule has 0 aromatic heterocycles. The van der Waals surface area contributed by atoms with E-state index in [-0.39, 0.29) is 0 Å². The topological polar surface area (TPSA) is 45.0 Å². The molecule has 4 heteroatoms. The van der Waals surface area contributed by atoms with Gasteiger partial charge in [-0.25, -0.2) is 0 Å². The van der Waals surface area contributed by atoms with Crippen LogP contribution in [-0.2, 0) is 11.3 Å². The summed E-state index contributed by atoms with van der Waals surface area (Å²) in [6, 6.07) is 8.35. The fraction of sp³-hybridized carbons (Fsp3) is 0.500. The lowest BCUT2D eigenvalue weighted by Gasteiger charge is -2.09. The number of ether oxygens (including phenoxy) is 1. The van der Waals surface area contributed by atoms with Gasteiger partial charge in [0.1, 0.15) is 6.07 Å². The molecule has 98 valence electrons. The minimum Gasteiger partial charge on any atom is -0.383 e. The minimum absolute atomic E-state index is 0.489. The van der Waals surface area contributed by atoms with Crippen molar-refractivity contribution in [1.82, 2.24) is 5.32 Å². The highest BCUT2D eigenvalue weighted by Crippen LogP contribution is 2.26. The van der Waals surface area contributed by atoms with Crippen molar-refractivity contribution in [2.45, 2.75) is 30.5 Å². The molecule has 0 radical (unpaired) electrons. The number of nitrogens with zero attached hydrogens (tertiary/aromatic N) is 1. The van der Waals surface area contributed by atoms with Crippen LogP contribution in [0.5, 0.6) is 0 Å². The van der Waals surface area contributed by atoms with Gasteiger partial charge in [0.05, 0.1) is 12.2 Å². The molecule has 0 fully saturated rings. The van der Waals surface area contributed by atoms with Crippen LogP contribution in [0.1, 0.15) is 25.0 Å². The number of hydrogen-bond acceptors (Lipinski definition) is 4. The van der Waals surface area contributed by atoms with Gasteiger partial charge in [0.15, 0.2) is 0 Å². The molecule has 0 atom stereocenters. The van der Waals surface area contributed by atoms with Gasteiger partial charge in [-0.15, -0.1) is 11.8 Å².